The first kappa shape index (κ1) is 27.5. The summed E-state index contributed by atoms with van der Waals surface area (Å²) in [5.74, 6) is -2.26. The molecule has 9 nitrogen and oxygen atoms in total. The lowest BCUT2D eigenvalue weighted by atomic mass is 9.68. The number of carbonyl (C=O) groups is 3. The van der Waals surface area contributed by atoms with Crippen LogP contribution in [0.25, 0.3) is 5.69 Å². The Labute approximate surface area is 247 Å². The van der Waals surface area contributed by atoms with Crippen molar-refractivity contribution in [2.45, 2.75) is 12.3 Å². The summed E-state index contributed by atoms with van der Waals surface area (Å²) in [6.45, 7) is 1.15. The van der Waals surface area contributed by atoms with Gasteiger partial charge in [0.2, 0.25) is 5.91 Å². The van der Waals surface area contributed by atoms with E-state index < -0.39 is 35.3 Å². The van der Waals surface area contributed by atoms with Crippen LogP contribution in [0.3, 0.4) is 0 Å². The third-order valence-electron chi connectivity index (χ3n) is 8.02. The first-order valence-corrected chi connectivity index (χ1v) is 13.7. The van der Waals surface area contributed by atoms with Crippen molar-refractivity contribution in [1.82, 2.24) is 9.36 Å². The summed E-state index contributed by atoms with van der Waals surface area (Å²) in [6.07, 6.45) is 0. The summed E-state index contributed by atoms with van der Waals surface area (Å²) in [4.78, 5) is 55.5. The zero-order valence-electron chi connectivity index (χ0n) is 23.5. The second kappa shape index (κ2) is 10.6. The lowest BCUT2D eigenvalue weighted by Gasteiger charge is -2.31. The van der Waals surface area contributed by atoms with Crippen molar-refractivity contribution in [3.8, 4) is 5.69 Å². The monoisotopic (exact) mass is 572 g/mol. The van der Waals surface area contributed by atoms with Crippen LogP contribution >= 0.6 is 0 Å². The highest BCUT2D eigenvalue weighted by atomic mass is 16.4. The van der Waals surface area contributed by atoms with E-state index in [1.807, 2.05) is 30.3 Å². The Bertz CT molecular complexity index is 1890. The molecule has 0 unspecified atom stereocenters. The molecule has 2 N–H and O–H groups in total. The third-order valence-corrected chi connectivity index (χ3v) is 8.02. The number of benzene rings is 4. The fraction of sp³-hybridized carbons (Fsp3) is 0.118. The summed E-state index contributed by atoms with van der Waals surface area (Å²) >= 11 is 0. The number of carbonyl (C=O) groups excluding carboxylic acids is 2. The molecular formula is C34H28N4O5. The number of rotatable bonds is 7. The smallest absolute Gasteiger partial charge is 0.323 e. The van der Waals surface area contributed by atoms with Gasteiger partial charge in [-0.1, -0.05) is 84.9 Å². The van der Waals surface area contributed by atoms with Crippen LogP contribution in [0.1, 0.15) is 32.7 Å². The lowest BCUT2D eigenvalue weighted by molar-refractivity contribution is -0.136. The number of fused-ring (bicyclic) bond motifs is 1. The van der Waals surface area contributed by atoms with E-state index in [2.05, 4.69) is 5.32 Å². The number of aliphatic carboxylic acids is 1. The molecule has 6 rings (SSSR count). The zero-order valence-corrected chi connectivity index (χ0v) is 23.5. The van der Waals surface area contributed by atoms with Crippen molar-refractivity contribution < 1.29 is 19.5 Å². The van der Waals surface area contributed by atoms with Gasteiger partial charge in [0, 0.05) is 18.2 Å². The van der Waals surface area contributed by atoms with Crippen LogP contribution in [0.5, 0.6) is 0 Å². The number of carboxylic acids is 1. The molecule has 0 saturated heterocycles. The lowest BCUT2D eigenvalue weighted by Crippen LogP contribution is -2.44. The van der Waals surface area contributed by atoms with E-state index in [4.69, 9.17) is 0 Å². The Morgan fingerprint density at radius 2 is 1.35 bits per heavy atom. The number of nitrogens with one attached hydrogen (secondary N) is 1. The predicted octanol–water partition coefficient (Wildman–Crippen LogP) is 4.50. The highest BCUT2D eigenvalue weighted by Gasteiger charge is 2.55. The molecule has 9 heteroatoms. The maximum Gasteiger partial charge on any atom is 0.323 e. The Morgan fingerprint density at radius 1 is 0.791 bits per heavy atom. The van der Waals surface area contributed by atoms with E-state index in [-0.39, 0.29) is 11.3 Å². The van der Waals surface area contributed by atoms with Crippen molar-refractivity contribution in [3.05, 3.63) is 147 Å². The minimum Gasteiger partial charge on any atom is -0.480 e. The Kier molecular flexibility index (Phi) is 6.78. The van der Waals surface area contributed by atoms with Crippen LogP contribution < -0.4 is 15.8 Å². The van der Waals surface area contributed by atoms with E-state index in [1.54, 1.807) is 97.5 Å². The van der Waals surface area contributed by atoms with Gasteiger partial charge in [-0.15, -0.1) is 0 Å². The maximum absolute atomic E-state index is 14.5. The average molecular weight is 573 g/mol. The van der Waals surface area contributed by atoms with E-state index in [0.29, 0.717) is 33.8 Å². The molecule has 2 heterocycles. The largest absolute Gasteiger partial charge is 0.480 e. The molecule has 0 bridgehead atoms. The average Bonchev–Trinajstić information content (AvgIpc) is 3.40. The molecule has 214 valence electrons. The summed E-state index contributed by atoms with van der Waals surface area (Å²) in [7, 11) is 1.73. The first-order valence-electron chi connectivity index (χ1n) is 13.7. The molecular weight excluding hydrogens is 544 g/mol. The van der Waals surface area contributed by atoms with Crippen LogP contribution in [0.2, 0.25) is 0 Å². The van der Waals surface area contributed by atoms with Gasteiger partial charge in [0.1, 0.15) is 17.6 Å². The molecule has 0 atom stereocenters. The van der Waals surface area contributed by atoms with Crippen LogP contribution in [0.4, 0.5) is 11.4 Å². The van der Waals surface area contributed by atoms with Gasteiger partial charge in [0.15, 0.2) is 0 Å². The van der Waals surface area contributed by atoms with E-state index in [0.717, 1.165) is 0 Å². The number of carboxylic acid groups (broad SMARTS) is 1. The highest BCUT2D eigenvalue weighted by molar-refractivity contribution is 6.18. The second-order valence-corrected chi connectivity index (χ2v) is 10.4. The highest BCUT2D eigenvalue weighted by Crippen LogP contribution is 2.51. The summed E-state index contributed by atoms with van der Waals surface area (Å²) in [6, 6.07) is 32.0. The Hall–Kier alpha value is -5.70. The van der Waals surface area contributed by atoms with Gasteiger partial charge in [-0.25, -0.2) is 4.68 Å². The van der Waals surface area contributed by atoms with E-state index >= 15 is 0 Å². The van der Waals surface area contributed by atoms with E-state index in [9.17, 15) is 24.3 Å². The quantitative estimate of drug-likeness (QED) is 0.298. The fourth-order valence-corrected chi connectivity index (χ4v) is 6.03. The van der Waals surface area contributed by atoms with Gasteiger partial charge in [-0.3, -0.25) is 28.8 Å². The van der Waals surface area contributed by atoms with Crippen LogP contribution in [-0.2, 0) is 22.1 Å². The SMILES string of the molecule is Cc1c(NC(=O)c2cccc3c2C(c2ccccc2)(c2ccccc2)C(=O)N3CC(=O)O)c(=O)n(-c2ccccc2)n1C. The van der Waals surface area contributed by atoms with Gasteiger partial charge < -0.3 is 10.4 Å². The van der Waals surface area contributed by atoms with Crippen molar-refractivity contribution >= 4 is 29.2 Å². The summed E-state index contributed by atoms with van der Waals surface area (Å²) in [5, 5.41) is 12.6. The minimum absolute atomic E-state index is 0.102. The molecule has 0 radical (unpaired) electrons. The normalized spacial score (nSPS) is 13.5. The molecule has 4 aromatic carbocycles. The van der Waals surface area contributed by atoms with Crippen molar-refractivity contribution in [2.75, 3.05) is 16.8 Å². The number of nitrogens with zero attached hydrogens (tertiary/aromatic N) is 3. The topological polar surface area (TPSA) is 114 Å². The fourth-order valence-electron chi connectivity index (χ4n) is 6.03. The Morgan fingerprint density at radius 3 is 1.91 bits per heavy atom. The number of aromatic nitrogens is 2. The molecule has 1 aliphatic heterocycles. The molecule has 0 fully saturated rings. The van der Waals surface area contributed by atoms with Crippen LogP contribution in [0, 0.1) is 6.92 Å². The minimum atomic E-state index is -1.52. The standard InChI is InChI=1S/C34H28N4O5/c1-22-30(32(42)38(36(22)2)25-17-10-5-11-18-25)35-31(41)26-19-12-20-27-29(26)34(23-13-6-3-7-14-23,24-15-8-4-9-16-24)33(43)37(27)21-28(39)40/h3-20H,21H2,1-2H3,(H,35,41)(H,39,40). The van der Waals surface area contributed by atoms with Crippen molar-refractivity contribution in [2.24, 2.45) is 7.05 Å². The van der Waals surface area contributed by atoms with Crippen molar-refractivity contribution in [1.29, 1.82) is 0 Å². The van der Waals surface area contributed by atoms with Gasteiger partial charge in [-0.2, -0.15) is 0 Å². The number of para-hydroxylation sites is 1. The van der Waals surface area contributed by atoms with Gasteiger partial charge in [0.25, 0.3) is 11.5 Å². The molecule has 5 aromatic rings. The van der Waals surface area contributed by atoms with Gasteiger partial charge in [0.05, 0.1) is 17.1 Å². The maximum atomic E-state index is 14.5. The molecule has 1 aliphatic rings. The summed E-state index contributed by atoms with van der Waals surface area (Å²) in [5.41, 5.74) is 1.35. The van der Waals surface area contributed by atoms with Crippen LogP contribution in [0.15, 0.2) is 114 Å². The van der Waals surface area contributed by atoms with E-state index in [1.165, 1.54) is 9.58 Å². The molecule has 0 aliphatic carbocycles. The molecule has 0 saturated carbocycles. The van der Waals surface area contributed by atoms with Crippen molar-refractivity contribution in [3.63, 3.8) is 0 Å². The molecule has 2 amide bonds. The number of amides is 2. The third kappa shape index (κ3) is 4.25. The summed E-state index contributed by atoms with van der Waals surface area (Å²) < 4.78 is 3.13. The molecule has 43 heavy (non-hydrogen) atoms. The second-order valence-electron chi connectivity index (χ2n) is 10.4. The van der Waals surface area contributed by atoms with Crippen LogP contribution in [-0.4, -0.2) is 38.8 Å². The number of hydrogen-bond donors (Lipinski definition) is 2. The predicted molar refractivity (Wildman–Crippen MR) is 163 cm³/mol. The first-order chi connectivity index (χ1) is 20.8. The van der Waals surface area contributed by atoms with Gasteiger partial charge in [-0.05, 0) is 42.3 Å². The Balaban J connectivity index is 1.57. The zero-order chi connectivity index (χ0) is 30.3. The molecule has 1 aromatic heterocycles. The van der Waals surface area contributed by atoms with Gasteiger partial charge >= 0.3 is 5.97 Å². The number of hydrogen-bond acceptors (Lipinski definition) is 4. The number of anilines is 2. The molecule has 0 spiro atoms.